The maximum absolute atomic E-state index is 12.5. The van der Waals surface area contributed by atoms with Crippen LogP contribution < -0.4 is 5.73 Å². The molecule has 3 N–H and O–H groups in total. The minimum Gasteiger partial charge on any atom is -0.462 e. The Labute approximate surface area is 336 Å². The normalized spacial score (nSPS) is 13.7. The van der Waals surface area contributed by atoms with Crippen LogP contribution in [-0.4, -0.2) is 49.3 Å². The number of esters is 2. The lowest BCUT2D eigenvalue weighted by molar-refractivity contribution is -0.161. The van der Waals surface area contributed by atoms with Crippen LogP contribution in [0.1, 0.15) is 194 Å². The first kappa shape index (κ1) is 53.0. The molecule has 9 nitrogen and oxygen atoms in total. The Morgan fingerprint density at radius 2 is 1.04 bits per heavy atom. The SMILES string of the molecule is CC/C=C/C/C=C/CCCCCCCCCCCCCCCCC(=O)OCC(COP(=O)(O)OCCN)OC(=O)CC/C=C/C/C=C/CCCCCCCC. The number of carbonyl (C=O) groups excluding carboxylic acids is 2. The number of nitrogens with two attached hydrogens (primary N) is 1. The molecule has 0 bridgehead atoms. The standard InChI is InChI=1S/C45H82NO8P/c1-3-5-7-9-11-13-15-17-18-19-20-21-22-23-24-26-27-29-31-33-35-37-44(47)51-41-43(42-53-55(49,50)52-40-39-46)54-45(48)38-36-34-32-30-28-25-16-14-12-10-8-6-4-2/h5,7,11,13,25,28,32,34,43H,3-4,6,8-10,12,14-24,26-27,29-31,33,35-42,46H2,1-2H3,(H,49,50)/b7-5+,13-11+,28-25+,34-32+. The Bertz CT molecular complexity index is 1040. The van der Waals surface area contributed by atoms with Crippen molar-refractivity contribution in [3.8, 4) is 0 Å². The number of hydrogen-bond acceptors (Lipinski definition) is 8. The van der Waals surface area contributed by atoms with Crippen molar-refractivity contribution in [2.45, 2.75) is 200 Å². The maximum atomic E-state index is 12.5. The van der Waals surface area contributed by atoms with Crippen LogP contribution in [0.5, 0.6) is 0 Å². The fraction of sp³-hybridized carbons (Fsp3) is 0.778. The van der Waals surface area contributed by atoms with E-state index in [1.807, 2.05) is 12.2 Å². The van der Waals surface area contributed by atoms with Gasteiger partial charge in [-0.15, -0.1) is 0 Å². The largest absolute Gasteiger partial charge is 0.472 e. The molecule has 0 saturated heterocycles. The van der Waals surface area contributed by atoms with Crippen molar-refractivity contribution >= 4 is 19.8 Å². The van der Waals surface area contributed by atoms with E-state index in [1.165, 1.54) is 116 Å². The molecule has 0 aromatic heterocycles. The number of phosphoric ester groups is 1. The molecule has 0 heterocycles. The van der Waals surface area contributed by atoms with Gasteiger partial charge < -0.3 is 20.1 Å². The van der Waals surface area contributed by atoms with Gasteiger partial charge in [0.15, 0.2) is 6.10 Å². The second kappa shape index (κ2) is 41.6. The molecule has 0 radical (unpaired) electrons. The monoisotopic (exact) mass is 796 g/mol. The van der Waals surface area contributed by atoms with E-state index in [1.54, 1.807) is 0 Å². The molecule has 0 saturated carbocycles. The van der Waals surface area contributed by atoms with Gasteiger partial charge in [-0.25, -0.2) is 4.57 Å². The van der Waals surface area contributed by atoms with Crippen molar-refractivity contribution in [3.63, 3.8) is 0 Å². The molecular formula is C45H82NO8P. The van der Waals surface area contributed by atoms with Gasteiger partial charge >= 0.3 is 19.8 Å². The molecule has 55 heavy (non-hydrogen) atoms. The first-order valence-electron chi connectivity index (χ1n) is 22.1. The molecule has 0 aromatic carbocycles. The zero-order valence-electron chi connectivity index (χ0n) is 35.2. The van der Waals surface area contributed by atoms with E-state index < -0.39 is 32.5 Å². The fourth-order valence-electron chi connectivity index (χ4n) is 5.96. The summed E-state index contributed by atoms with van der Waals surface area (Å²) in [4.78, 5) is 34.8. The average molecular weight is 796 g/mol. The highest BCUT2D eigenvalue weighted by atomic mass is 31.2. The number of hydrogen-bond donors (Lipinski definition) is 2. The van der Waals surface area contributed by atoms with E-state index >= 15 is 0 Å². The molecule has 0 aromatic rings. The summed E-state index contributed by atoms with van der Waals surface area (Å²) in [7, 11) is -4.39. The Balaban J connectivity index is 4.11. The number of ether oxygens (including phenoxy) is 2. The van der Waals surface area contributed by atoms with Gasteiger partial charge in [0, 0.05) is 19.4 Å². The van der Waals surface area contributed by atoms with Crippen molar-refractivity contribution in [2.24, 2.45) is 5.73 Å². The van der Waals surface area contributed by atoms with Gasteiger partial charge in [-0.2, -0.15) is 0 Å². The van der Waals surface area contributed by atoms with Crippen LogP contribution in [0.2, 0.25) is 0 Å². The molecule has 0 aliphatic rings. The number of rotatable bonds is 41. The number of phosphoric acid groups is 1. The molecule has 2 atom stereocenters. The number of carbonyl (C=O) groups is 2. The van der Waals surface area contributed by atoms with Gasteiger partial charge in [-0.1, -0.05) is 172 Å². The lowest BCUT2D eigenvalue weighted by Gasteiger charge is -2.19. The van der Waals surface area contributed by atoms with Crippen LogP contribution >= 0.6 is 7.82 Å². The van der Waals surface area contributed by atoms with Crippen molar-refractivity contribution in [1.82, 2.24) is 0 Å². The van der Waals surface area contributed by atoms with E-state index in [-0.39, 0.29) is 32.6 Å². The fourth-order valence-corrected chi connectivity index (χ4v) is 6.73. The molecule has 0 aliphatic carbocycles. The zero-order valence-corrected chi connectivity index (χ0v) is 36.0. The predicted molar refractivity (Wildman–Crippen MR) is 229 cm³/mol. The number of allylic oxidation sites excluding steroid dienone is 8. The number of unbranched alkanes of at least 4 members (excludes halogenated alkanes) is 20. The molecule has 2 unspecified atom stereocenters. The lowest BCUT2D eigenvalue weighted by atomic mass is 10.0. The second-order valence-electron chi connectivity index (χ2n) is 14.5. The van der Waals surface area contributed by atoms with Gasteiger partial charge in [0.2, 0.25) is 0 Å². The van der Waals surface area contributed by atoms with Crippen LogP contribution in [0, 0.1) is 0 Å². The van der Waals surface area contributed by atoms with E-state index in [2.05, 4.69) is 50.3 Å². The molecule has 0 rings (SSSR count). The van der Waals surface area contributed by atoms with E-state index in [4.69, 9.17) is 24.3 Å². The molecule has 0 aliphatic heterocycles. The highest BCUT2D eigenvalue weighted by Crippen LogP contribution is 2.43. The molecule has 0 amide bonds. The van der Waals surface area contributed by atoms with Crippen LogP contribution in [0.4, 0.5) is 0 Å². The summed E-state index contributed by atoms with van der Waals surface area (Å²) >= 11 is 0. The van der Waals surface area contributed by atoms with Crippen molar-refractivity contribution in [1.29, 1.82) is 0 Å². The van der Waals surface area contributed by atoms with E-state index in [0.29, 0.717) is 6.42 Å². The van der Waals surface area contributed by atoms with Gasteiger partial charge in [-0.3, -0.25) is 18.6 Å². The lowest BCUT2D eigenvalue weighted by Crippen LogP contribution is -2.29. The summed E-state index contributed by atoms with van der Waals surface area (Å²) < 4.78 is 32.7. The predicted octanol–water partition coefficient (Wildman–Crippen LogP) is 12.7. The topological polar surface area (TPSA) is 134 Å². The van der Waals surface area contributed by atoms with Crippen LogP contribution in [-0.2, 0) is 32.7 Å². The van der Waals surface area contributed by atoms with Crippen molar-refractivity contribution < 1.29 is 37.6 Å². The van der Waals surface area contributed by atoms with Gasteiger partial charge in [0.05, 0.1) is 13.2 Å². The van der Waals surface area contributed by atoms with E-state index in [0.717, 1.165) is 44.9 Å². The highest BCUT2D eigenvalue weighted by Gasteiger charge is 2.25. The first-order valence-corrected chi connectivity index (χ1v) is 23.6. The smallest absolute Gasteiger partial charge is 0.462 e. The van der Waals surface area contributed by atoms with Crippen LogP contribution in [0.15, 0.2) is 48.6 Å². The summed E-state index contributed by atoms with van der Waals surface area (Å²) in [5.41, 5.74) is 5.34. The minimum absolute atomic E-state index is 0.0451. The molecule has 0 fully saturated rings. The molecule has 0 spiro atoms. The molecular weight excluding hydrogens is 713 g/mol. The second-order valence-corrected chi connectivity index (χ2v) is 16.0. The summed E-state index contributed by atoms with van der Waals surface area (Å²) in [5.74, 6) is -0.906. The summed E-state index contributed by atoms with van der Waals surface area (Å²) in [6, 6.07) is 0. The van der Waals surface area contributed by atoms with E-state index in [9.17, 15) is 19.0 Å². The third kappa shape index (κ3) is 41.4. The highest BCUT2D eigenvalue weighted by molar-refractivity contribution is 7.47. The Kier molecular flexibility index (Phi) is 40.1. The van der Waals surface area contributed by atoms with Gasteiger partial charge in [0.1, 0.15) is 6.61 Å². The summed E-state index contributed by atoms with van der Waals surface area (Å²) in [6.07, 6.45) is 47.4. The van der Waals surface area contributed by atoms with Crippen LogP contribution in [0.3, 0.4) is 0 Å². The average Bonchev–Trinajstić information content (AvgIpc) is 3.17. The Hall–Kier alpha value is -2.03. The van der Waals surface area contributed by atoms with Crippen LogP contribution in [0.25, 0.3) is 0 Å². The summed E-state index contributed by atoms with van der Waals surface area (Å²) in [5, 5.41) is 0. The maximum Gasteiger partial charge on any atom is 0.472 e. The Morgan fingerprint density at radius 1 is 0.564 bits per heavy atom. The van der Waals surface area contributed by atoms with Gasteiger partial charge in [0.25, 0.3) is 0 Å². The zero-order chi connectivity index (χ0) is 40.3. The minimum atomic E-state index is -4.39. The Morgan fingerprint density at radius 3 is 1.55 bits per heavy atom. The molecule has 320 valence electrons. The van der Waals surface area contributed by atoms with Gasteiger partial charge in [-0.05, 0) is 57.8 Å². The third-order valence-corrected chi connectivity index (χ3v) is 10.2. The summed E-state index contributed by atoms with van der Waals surface area (Å²) in [6.45, 7) is 3.56. The molecule has 10 heteroatoms. The third-order valence-electron chi connectivity index (χ3n) is 9.21. The first-order chi connectivity index (χ1) is 26.8. The quantitative estimate of drug-likeness (QED) is 0.0268. The van der Waals surface area contributed by atoms with Crippen molar-refractivity contribution in [3.05, 3.63) is 48.6 Å². The van der Waals surface area contributed by atoms with Crippen molar-refractivity contribution in [2.75, 3.05) is 26.4 Å².